The van der Waals surface area contributed by atoms with Crippen LogP contribution in [0.5, 0.6) is 11.5 Å². The average molecular weight is 390 g/mol. The van der Waals surface area contributed by atoms with Crippen molar-refractivity contribution >= 4 is 15.9 Å². The minimum absolute atomic E-state index is 0.182. The number of aliphatic hydroxyl groups excluding tert-OH is 1. The third kappa shape index (κ3) is 3.02. The first kappa shape index (κ1) is 16.5. The molecular weight excluding hydrogens is 374 g/mol. The smallest absolute Gasteiger partial charge is 0.173 e. The van der Waals surface area contributed by atoms with Crippen LogP contribution in [-0.4, -0.2) is 24.5 Å². The Kier molecular flexibility index (Phi) is 4.87. The molecule has 0 fully saturated rings. The van der Waals surface area contributed by atoms with Crippen LogP contribution in [0, 0.1) is 0 Å². The number of aromatic nitrogens is 1. The Balaban J connectivity index is 2.08. The van der Waals surface area contributed by atoms with E-state index in [1.54, 1.807) is 26.4 Å². The average Bonchev–Trinajstić information content (AvgIpc) is 3.05. The quantitative estimate of drug-likeness (QED) is 0.705. The lowest BCUT2D eigenvalue weighted by Gasteiger charge is -2.09. The van der Waals surface area contributed by atoms with Gasteiger partial charge in [0.05, 0.1) is 26.4 Å². The Hall–Kier alpha value is -2.31. The van der Waals surface area contributed by atoms with Gasteiger partial charge in [-0.3, -0.25) is 0 Å². The van der Waals surface area contributed by atoms with Gasteiger partial charge in [-0.25, -0.2) is 0 Å². The molecule has 6 heteroatoms. The highest BCUT2D eigenvalue weighted by Gasteiger charge is 2.19. The maximum absolute atomic E-state index is 9.83. The second-order valence-corrected chi connectivity index (χ2v) is 5.99. The van der Waals surface area contributed by atoms with E-state index in [-0.39, 0.29) is 6.61 Å². The highest BCUT2D eigenvalue weighted by molar-refractivity contribution is 9.10. The lowest BCUT2D eigenvalue weighted by molar-refractivity contribution is 0.281. The van der Waals surface area contributed by atoms with Gasteiger partial charge in [0.2, 0.25) is 0 Å². The second kappa shape index (κ2) is 7.07. The number of rotatable bonds is 5. The van der Waals surface area contributed by atoms with Crippen LogP contribution in [0.3, 0.4) is 0 Å². The van der Waals surface area contributed by atoms with Gasteiger partial charge in [-0.15, -0.1) is 0 Å². The van der Waals surface area contributed by atoms with Crippen LogP contribution >= 0.6 is 15.9 Å². The molecule has 0 saturated carbocycles. The summed E-state index contributed by atoms with van der Waals surface area (Å²) in [7, 11) is 3.16. The fourth-order valence-electron chi connectivity index (χ4n) is 2.49. The summed E-state index contributed by atoms with van der Waals surface area (Å²) in [6.45, 7) is -0.182. The van der Waals surface area contributed by atoms with Crippen molar-refractivity contribution in [3.8, 4) is 34.1 Å². The van der Waals surface area contributed by atoms with Crippen molar-refractivity contribution in [1.82, 2.24) is 5.16 Å². The number of methoxy groups -OCH3 is 2. The molecule has 0 amide bonds. The molecule has 0 atom stereocenters. The van der Waals surface area contributed by atoms with Gasteiger partial charge in [0, 0.05) is 15.6 Å². The van der Waals surface area contributed by atoms with Gasteiger partial charge in [-0.2, -0.15) is 0 Å². The molecule has 0 bridgehead atoms. The zero-order valence-electron chi connectivity index (χ0n) is 13.2. The third-order valence-corrected chi connectivity index (χ3v) is 4.24. The van der Waals surface area contributed by atoms with Crippen LogP contribution in [0.25, 0.3) is 22.6 Å². The lowest BCUT2D eigenvalue weighted by Crippen LogP contribution is -1.93. The van der Waals surface area contributed by atoms with Gasteiger partial charge in [-0.1, -0.05) is 33.2 Å². The zero-order valence-corrected chi connectivity index (χ0v) is 14.8. The predicted octanol–water partition coefficient (Wildman–Crippen LogP) is 4.28. The normalized spacial score (nSPS) is 10.7. The van der Waals surface area contributed by atoms with Gasteiger partial charge in [0.25, 0.3) is 0 Å². The number of benzene rings is 2. The Labute approximate surface area is 147 Å². The summed E-state index contributed by atoms with van der Waals surface area (Å²) in [4.78, 5) is 0. The van der Waals surface area contributed by atoms with Crippen molar-refractivity contribution in [2.45, 2.75) is 6.61 Å². The summed E-state index contributed by atoms with van der Waals surface area (Å²) in [6.07, 6.45) is 0. The molecule has 3 aromatic rings. The molecule has 1 heterocycles. The summed E-state index contributed by atoms with van der Waals surface area (Å²) in [5, 5.41) is 14.0. The third-order valence-electron chi connectivity index (χ3n) is 3.71. The van der Waals surface area contributed by atoms with Gasteiger partial charge >= 0.3 is 0 Å². The Morgan fingerprint density at radius 3 is 2.29 bits per heavy atom. The molecule has 0 aliphatic rings. The standard InChI is InChI=1S/C18H16BrNO4/c1-22-15-8-5-12(9-16(15)23-2)17-14(10-21)18(24-20-17)11-3-6-13(19)7-4-11/h3-9,21H,10H2,1-2H3. The van der Waals surface area contributed by atoms with E-state index in [4.69, 9.17) is 14.0 Å². The van der Waals surface area contributed by atoms with E-state index in [1.807, 2.05) is 30.3 Å². The van der Waals surface area contributed by atoms with Crippen molar-refractivity contribution in [1.29, 1.82) is 0 Å². The minimum atomic E-state index is -0.182. The molecule has 1 N–H and O–H groups in total. The van der Waals surface area contributed by atoms with Crippen LogP contribution < -0.4 is 9.47 Å². The van der Waals surface area contributed by atoms with E-state index in [9.17, 15) is 5.11 Å². The molecule has 24 heavy (non-hydrogen) atoms. The molecule has 0 aliphatic heterocycles. The summed E-state index contributed by atoms with van der Waals surface area (Å²) in [5.41, 5.74) is 2.84. The first-order valence-corrected chi connectivity index (χ1v) is 8.05. The zero-order chi connectivity index (χ0) is 17.1. The van der Waals surface area contributed by atoms with Crippen molar-refractivity contribution in [2.75, 3.05) is 14.2 Å². The highest BCUT2D eigenvalue weighted by Crippen LogP contribution is 2.36. The van der Waals surface area contributed by atoms with Crippen LogP contribution in [0.4, 0.5) is 0 Å². The largest absolute Gasteiger partial charge is 0.493 e. The summed E-state index contributed by atoms with van der Waals surface area (Å²) in [5.74, 6) is 1.77. The molecular formula is C18H16BrNO4. The summed E-state index contributed by atoms with van der Waals surface area (Å²) < 4.78 is 17.0. The summed E-state index contributed by atoms with van der Waals surface area (Å²) >= 11 is 3.40. The van der Waals surface area contributed by atoms with Crippen LogP contribution in [0.15, 0.2) is 51.5 Å². The monoisotopic (exact) mass is 389 g/mol. The van der Waals surface area contributed by atoms with Gasteiger partial charge in [0.1, 0.15) is 5.69 Å². The minimum Gasteiger partial charge on any atom is -0.493 e. The van der Waals surface area contributed by atoms with E-state index in [0.29, 0.717) is 28.5 Å². The van der Waals surface area contributed by atoms with Gasteiger partial charge in [-0.05, 0) is 30.3 Å². The molecule has 5 nitrogen and oxygen atoms in total. The van der Waals surface area contributed by atoms with Crippen molar-refractivity contribution in [3.63, 3.8) is 0 Å². The fraction of sp³-hybridized carbons (Fsp3) is 0.167. The van der Waals surface area contributed by atoms with Crippen LogP contribution in [0.1, 0.15) is 5.56 Å². The van der Waals surface area contributed by atoms with E-state index < -0.39 is 0 Å². The second-order valence-electron chi connectivity index (χ2n) is 5.07. The molecule has 0 spiro atoms. The number of hydrogen-bond acceptors (Lipinski definition) is 5. The van der Waals surface area contributed by atoms with Gasteiger partial charge < -0.3 is 19.1 Å². The maximum atomic E-state index is 9.83. The molecule has 0 radical (unpaired) electrons. The molecule has 0 unspecified atom stereocenters. The fourth-order valence-corrected chi connectivity index (χ4v) is 2.76. The number of halogens is 1. The van der Waals surface area contributed by atoms with E-state index in [0.717, 1.165) is 15.6 Å². The molecule has 2 aromatic carbocycles. The highest BCUT2D eigenvalue weighted by atomic mass is 79.9. The number of hydrogen-bond donors (Lipinski definition) is 1. The Morgan fingerprint density at radius 2 is 1.67 bits per heavy atom. The molecule has 0 saturated heterocycles. The molecule has 124 valence electrons. The summed E-state index contributed by atoms with van der Waals surface area (Å²) in [6, 6.07) is 13.1. The molecule has 0 aliphatic carbocycles. The lowest BCUT2D eigenvalue weighted by atomic mass is 10.0. The van der Waals surface area contributed by atoms with Crippen molar-refractivity contribution in [2.24, 2.45) is 0 Å². The van der Waals surface area contributed by atoms with Crippen LogP contribution in [0.2, 0.25) is 0 Å². The number of nitrogens with zero attached hydrogens (tertiary/aromatic N) is 1. The molecule has 1 aromatic heterocycles. The number of ether oxygens (including phenoxy) is 2. The van der Waals surface area contributed by atoms with Crippen molar-refractivity contribution < 1.29 is 19.1 Å². The molecule has 3 rings (SSSR count). The maximum Gasteiger partial charge on any atom is 0.173 e. The van der Waals surface area contributed by atoms with E-state index in [1.165, 1.54) is 0 Å². The predicted molar refractivity (Wildman–Crippen MR) is 94.1 cm³/mol. The van der Waals surface area contributed by atoms with Crippen molar-refractivity contribution in [3.05, 3.63) is 52.5 Å². The Bertz CT molecular complexity index is 843. The van der Waals surface area contributed by atoms with E-state index in [2.05, 4.69) is 21.1 Å². The van der Waals surface area contributed by atoms with Crippen LogP contribution in [-0.2, 0) is 6.61 Å². The number of aliphatic hydroxyl groups is 1. The first-order valence-electron chi connectivity index (χ1n) is 7.25. The first-order chi connectivity index (χ1) is 11.7. The topological polar surface area (TPSA) is 64.7 Å². The van der Waals surface area contributed by atoms with Gasteiger partial charge in [0.15, 0.2) is 17.3 Å². The Morgan fingerprint density at radius 1 is 1.00 bits per heavy atom. The van der Waals surface area contributed by atoms with E-state index >= 15 is 0 Å². The SMILES string of the molecule is COc1ccc(-c2noc(-c3ccc(Br)cc3)c2CO)cc1OC.